The van der Waals surface area contributed by atoms with Crippen LogP contribution in [-0.2, 0) is 16.1 Å². The highest BCUT2D eigenvalue weighted by Crippen LogP contribution is 2.28. The van der Waals surface area contributed by atoms with Crippen LogP contribution >= 0.6 is 23.5 Å². The molecule has 0 fully saturated rings. The molecule has 0 spiro atoms. The zero-order chi connectivity index (χ0) is 30.0. The Hall–Kier alpha value is -1.34. The highest BCUT2D eigenvalue weighted by atomic mass is 32.2. The number of esters is 2. The Labute approximate surface area is 249 Å². The Bertz CT molecular complexity index is 886. The van der Waals surface area contributed by atoms with E-state index in [-0.39, 0.29) is 30.4 Å². The first kappa shape index (κ1) is 36.7. The van der Waals surface area contributed by atoms with E-state index in [1.807, 2.05) is 12.5 Å². The summed E-state index contributed by atoms with van der Waals surface area (Å²) < 4.78 is 11.1. The summed E-state index contributed by atoms with van der Waals surface area (Å²) in [5, 5.41) is 0. The Morgan fingerprint density at radius 1 is 0.850 bits per heavy atom. The molecule has 0 heterocycles. The number of thioether (sulfide) groups is 2. The van der Waals surface area contributed by atoms with Crippen LogP contribution in [0.25, 0.3) is 0 Å². The minimum atomic E-state index is -1.67. The van der Waals surface area contributed by atoms with Crippen LogP contribution in [0, 0.1) is 5.92 Å². The molecule has 230 valence electrons. The third-order valence-electron chi connectivity index (χ3n) is 7.07. The fourth-order valence-corrected chi connectivity index (χ4v) is 5.72. The fraction of sp³-hybridized carbons (Fsp3) is 0.724. The average molecular weight is 600 g/mol. The number of nitrogens with two attached hydrogens (primary N) is 5. The van der Waals surface area contributed by atoms with Crippen molar-refractivity contribution in [1.29, 1.82) is 0 Å². The quantitative estimate of drug-likeness (QED) is 0.0556. The lowest BCUT2D eigenvalue weighted by Gasteiger charge is -2.31. The number of unbranched alkanes of at least 4 members (excludes halogenated alkanes) is 9. The SMILES string of the molecule is CCCCCCCCCCCCC(CSC)C(N)(N)C(=O)Oc1ccc(CN)c(OC(=O)C(N)(N)CCSC)c1. The van der Waals surface area contributed by atoms with Crippen LogP contribution in [0.3, 0.4) is 0 Å². The molecular formula is C29H53N5O4S2. The second-order valence-corrected chi connectivity index (χ2v) is 12.5. The molecule has 0 aliphatic heterocycles. The molecule has 0 saturated heterocycles. The zero-order valence-electron chi connectivity index (χ0n) is 24.8. The van der Waals surface area contributed by atoms with Gasteiger partial charge < -0.3 is 38.1 Å². The average Bonchev–Trinajstić information content (AvgIpc) is 2.92. The van der Waals surface area contributed by atoms with Crippen LogP contribution < -0.4 is 38.1 Å². The van der Waals surface area contributed by atoms with Crippen LogP contribution in [0.4, 0.5) is 0 Å². The van der Waals surface area contributed by atoms with Gasteiger partial charge in [0.2, 0.25) is 0 Å². The fourth-order valence-electron chi connectivity index (χ4n) is 4.33. The Morgan fingerprint density at radius 2 is 1.45 bits per heavy atom. The Morgan fingerprint density at radius 3 is 2.00 bits per heavy atom. The van der Waals surface area contributed by atoms with E-state index in [4.69, 9.17) is 38.1 Å². The zero-order valence-corrected chi connectivity index (χ0v) is 26.4. The number of benzene rings is 1. The molecule has 0 aromatic heterocycles. The Kier molecular flexibility index (Phi) is 18.1. The lowest BCUT2D eigenvalue weighted by molar-refractivity contribution is -0.142. The van der Waals surface area contributed by atoms with E-state index >= 15 is 0 Å². The van der Waals surface area contributed by atoms with Gasteiger partial charge in [0.15, 0.2) is 11.3 Å². The van der Waals surface area contributed by atoms with E-state index < -0.39 is 23.3 Å². The molecule has 0 amide bonds. The smallest absolute Gasteiger partial charge is 0.346 e. The lowest BCUT2D eigenvalue weighted by Crippen LogP contribution is -2.64. The molecule has 0 aliphatic rings. The van der Waals surface area contributed by atoms with Crippen molar-refractivity contribution in [1.82, 2.24) is 0 Å². The van der Waals surface area contributed by atoms with Crippen molar-refractivity contribution in [2.75, 3.05) is 24.0 Å². The predicted octanol–water partition coefficient (Wildman–Crippen LogP) is 4.23. The van der Waals surface area contributed by atoms with E-state index in [0.717, 1.165) is 19.3 Å². The number of hydrogen-bond acceptors (Lipinski definition) is 11. The molecule has 1 aromatic carbocycles. The van der Waals surface area contributed by atoms with Crippen molar-refractivity contribution >= 4 is 35.5 Å². The number of hydrogen-bond donors (Lipinski definition) is 5. The molecule has 11 heteroatoms. The molecule has 0 radical (unpaired) electrons. The summed E-state index contributed by atoms with van der Waals surface area (Å²) in [5.41, 5.74) is 27.7. The van der Waals surface area contributed by atoms with Crippen molar-refractivity contribution in [2.45, 2.75) is 102 Å². The van der Waals surface area contributed by atoms with Crippen LogP contribution in [-0.4, -0.2) is 47.3 Å². The maximum Gasteiger partial charge on any atom is 0.346 e. The molecule has 10 N–H and O–H groups in total. The van der Waals surface area contributed by atoms with Gasteiger partial charge in [0.1, 0.15) is 11.5 Å². The summed E-state index contributed by atoms with van der Waals surface area (Å²) in [6.45, 7) is 2.33. The van der Waals surface area contributed by atoms with E-state index in [1.54, 1.807) is 23.9 Å². The van der Waals surface area contributed by atoms with E-state index in [1.165, 1.54) is 69.2 Å². The maximum atomic E-state index is 13.1. The van der Waals surface area contributed by atoms with E-state index in [2.05, 4.69) is 6.92 Å². The summed E-state index contributed by atoms with van der Waals surface area (Å²) in [6, 6.07) is 4.58. The second-order valence-electron chi connectivity index (χ2n) is 10.6. The number of ether oxygens (including phenoxy) is 2. The molecule has 0 bridgehead atoms. The van der Waals surface area contributed by atoms with Crippen molar-refractivity contribution < 1.29 is 19.1 Å². The Balaban J connectivity index is 2.75. The van der Waals surface area contributed by atoms with Gasteiger partial charge in [-0.05, 0) is 42.9 Å². The summed E-state index contributed by atoms with van der Waals surface area (Å²) in [5.74, 6) is -0.319. The van der Waals surface area contributed by atoms with Gasteiger partial charge in [-0.2, -0.15) is 23.5 Å². The summed E-state index contributed by atoms with van der Waals surface area (Å²) >= 11 is 3.12. The highest BCUT2D eigenvalue weighted by molar-refractivity contribution is 7.98. The van der Waals surface area contributed by atoms with Gasteiger partial charge in [-0.25, -0.2) is 9.59 Å². The van der Waals surface area contributed by atoms with Gasteiger partial charge in [0, 0.05) is 24.1 Å². The third-order valence-corrected chi connectivity index (χ3v) is 8.42. The van der Waals surface area contributed by atoms with Crippen LogP contribution in [0.15, 0.2) is 18.2 Å². The van der Waals surface area contributed by atoms with Crippen LogP contribution in [0.1, 0.15) is 89.5 Å². The van der Waals surface area contributed by atoms with Gasteiger partial charge in [0.05, 0.1) is 0 Å². The molecule has 9 nitrogen and oxygen atoms in total. The standard InChI is InChI=1S/C29H53N5O4S2/c1-4-5-6-7-8-9-10-11-12-13-14-23(21-40-3)29(33,34)27(36)37-24-16-15-22(20-30)25(19-24)38-26(35)28(31,32)17-18-39-2/h15-16,19,23H,4-14,17-18,20-21,30-34H2,1-3H3. The minimum Gasteiger partial charge on any atom is -0.424 e. The molecular weight excluding hydrogens is 546 g/mol. The van der Waals surface area contributed by atoms with Crippen LogP contribution in [0.5, 0.6) is 11.5 Å². The van der Waals surface area contributed by atoms with E-state index in [0.29, 0.717) is 17.1 Å². The lowest BCUT2D eigenvalue weighted by atomic mass is 9.90. The third kappa shape index (κ3) is 13.1. The number of rotatable bonds is 22. The maximum absolute atomic E-state index is 13.1. The molecule has 1 unspecified atom stereocenters. The van der Waals surface area contributed by atoms with Crippen molar-refractivity contribution in [2.24, 2.45) is 34.6 Å². The van der Waals surface area contributed by atoms with Crippen LogP contribution in [0.2, 0.25) is 0 Å². The van der Waals surface area contributed by atoms with Gasteiger partial charge in [0.25, 0.3) is 0 Å². The summed E-state index contributed by atoms with van der Waals surface area (Å²) in [6.07, 6.45) is 17.1. The largest absolute Gasteiger partial charge is 0.424 e. The molecule has 0 saturated carbocycles. The van der Waals surface area contributed by atoms with Gasteiger partial charge in [-0.1, -0.05) is 77.2 Å². The summed E-state index contributed by atoms with van der Waals surface area (Å²) in [4.78, 5) is 25.8. The molecule has 1 atom stereocenters. The van der Waals surface area contributed by atoms with Gasteiger partial charge >= 0.3 is 11.9 Å². The first-order chi connectivity index (χ1) is 19.0. The molecule has 1 aromatic rings. The second kappa shape index (κ2) is 19.7. The topological polar surface area (TPSA) is 183 Å². The molecule has 1 rings (SSSR count). The molecule has 0 aliphatic carbocycles. The van der Waals surface area contributed by atoms with Crippen molar-refractivity contribution in [3.8, 4) is 11.5 Å². The van der Waals surface area contributed by atoms with Crippen molar-refractivity contribution in [3.05, 3.63) is 23.8 Å². The van der Waals surface area contributed by atoms with Crippen molar-refractivity contribution in [3.63, 3.8) is 0 Å². The van der Waals surface area contributed by atoms with Gasteiger partial charge in [-0.3, -0.25) is 0 Å². The minimum absolute atomic E-state index is 0.0934. The first-order valence-corrected chi connectivity index (χ1v) is 17.2. The normalized spacial score (nSPS) is 12.8. The monoisotopic (exact) mass is 599 g/mol. The van der Waals surface area contributed by atoms with Gasteiger partial charge in [-0.15, -0.1) is 0 Å². The number of carbonyl (C=O) groups excluding carboxylic acids is 2. The molecule has 40 heavy (non-hydrogen) atoms. The predicted molar refractivity (Wildman–Crippen MR) is 169 cm³/mol. The first-order valence-electron chi connectivity index (χ1n) is 14.4. The van der Waals surface area contributed by atoms with E-state index in [9.17, 15) is 9.59 Å². The highest BCUT2D eigenvalue weighted by Gasteiger charge is 2.40. The summed E-state index contributed by atoms with van der Waals surface area (Å²) in [7, 11) is 0. The number of carbonyl (C=O) groups is 2.